The summed E-state index contributed by atoms with van der Waals surface area (Å²) in [4.78, 5) is 19.5. The molecule has 1 aliphatic heterocycles. The van der Waals surface area contributed by atoms with Crippen LogP contribution in [0.2, 0.25) is 0 Å². The van der Waals surface area contributed by atoms with E-state index in [1.165, 1.54) is 12.1 Å². The first kappa shape index (κ1) is 24.2. The fourth-order valence-electron chi connectivity index (χ4n) is 4.21. The lowest BCUT2D eigenvalue weighted by molar-refractivity contribution is -0.138. The summed E-state index contributed by atoms with van der Waals surface area (Å²) in [6.45, 7) is 13.4. The molecule has 176 valence electrons. The number of aryl methyl sites for hydroxylation is 1. The topological polar surface area (TPSA) is 53.8 Å². The van der Waals surface area contributed by atoms with Crippen molar-refractivity contribution in [3.63, 3.8) is 0 Å². The van der Waals surface area contributed by atoms with Gasteiger partial charge in [0, 0.05) is 44.9 Å². The minimum Gasteiger partial charge on any atom is -0.375 e. The fourth-order valence-corrected chi connectivity index (χ4v) is 4.21. The number of nitrogens with zero attached hydrogens (tertiary/aromatic N) is 5. The molecule has 1 fully saturated rings. The number of carbonyl (C=O) groups is 1. The number of piperazine rings is 1. The minimum atomic E-state index is -0.296. The normalized spacial score (nSPS) is 15.8. The maximum atomic E-state index is 14.1. The molecule has 7 nitrogen and oxygen atoms in total. The van der Waals surface area contributed by atoms with Gasteiger partial charge in [-0.15, -0.1) is 0 Å². The predicted molar refractivity (Wildman–Crippen MR) is 125 cm³/mol. The third-order valence-corrected chi connectivity index (χ3v) is 6.37. The van der Waals surface area contributed by atoms with Crippen LogP contribution in [0, 0.1) is 12.7 Å². The lowest BCUT2D eigenvalue weighted by Crippen LogP contribution is -2.47. The molecule has 2 heterocycles. The Balaban J connectivity index is 2.05. The number of hydrogen-bond acceptors (Lipinski definition) is 5. The van der Waals surface area contributed by atoms with E-state index in [9.17, 15) is 9.18 Å². The molecule has 1 amide bonds. The van der Waals surface area contributed by atoms with Gasteiger partial charge in [0.2, 0.25) is 5.91 Å². The number of ether oxygens (including phenoxy) is 1. The van der Waals surface area contributed by atoms with E-state index in [4.69, 9.17) is 9.84 Å². The molecule has 1 aromatic heterocycles. The van der Waals surface area contributed by atoms with Crippen LogP contribution in [0.3, 0.4) is 0 Å². The lowest BCUT2D eigenvalue weighted by Gasteiger charge is -2.37. The molecular formula is C24H36FN5O2. The van der Waals surface area contributed by atoms with E-state index in [1.807, 2.05) is 22.6 Å². The Morgan fingerprint density at radius 1 is 1.25 bits per heavy atom. The highest BCUT2D eigenvalue weighted by atomic mass is 19.1. The van der Waals surface area contributed by atoms with Crippen molar-refractivity contribution < 1.29 is 13.9 Å². The number of carbonyl (C=O) groups excluding carboxylic acids is 1. The third-order valence-electron chi connectivity index (χ3n) is 6.37. The fraction of sp³-hybridized carbons (Fsp3) is 0.583. The number of amides is 1. The highest BCUT2D eigenvalue weighted by molar-refractivity contribution is 5.78. The minimum absolute atomic E-state index is 0.0403. The zero-order valence-corrected chi connectivity index (χ0v) is 20.0. The highest BCUT2D eigenvalue weighted by Gasteiger charge is 2.28. The predicted octanol–water partition coefficient (Wildman–Crippen LogP) is 3.24. The first-order valence-corrected chi connectivity index (χ1v) is 11.5. The first-order chi connectivity index (χ1) is 15.4. The monoisotopic (exact) mass is 445 g/mol. The summed E-state index contributed by atoms with van der Waals surface area (Å²) >= 11 is 0. The van der Waals surface area contributed by atoms with Crippen LogP contribution in [0.5, 0.6) is 0 Å². The van der Waals surface area contributed by atoms with Gasteiger partial charge in [-0.3, -0.25) is 4.79 Å². The number of aromatic nitrogens is 2. The van der Waals surface area contributed by atoms with Crippen molar-refractivity contribution in [1.82, 2.24) is 19.6 Å². The average molecular weight is 446 g/mol. The summed E-state index contributed by atoms with van der Waals surface area (Å²) in [5.41, 5.74) is 2.54. The highest BCUT2D eigenvalue weighted by Crippen LogP contribution is 2.30. The molecule has 1 aliphatic rings. The molecule has 0 saturated carbocycles. The second kappa shape index (κ2) is 10.9. The summed E-state index contributed by atoms with van der Waals surface area (Å²) in [7, 11) is 1.54. The molecule has 32 heavy (non-hydrogen) atoms. The molecule has 0 radical (unpaired) electrons. The SMILES string of the molecule is CCC(C)N(Cc1c(C)nn(-c2cccc(F)c2)c1N1CCN(CC)CC1)C(=O)COC. The molecule has 2 aromatic rings. The number of anilines is 1. The van der Waals surface area contributed by atoms with Gasteiger partial charge in [-0.1, -0.05) is 19.9 Å². The second-order valence-electron chi connectivity index (χ2n) is 8.41. The van der Waals surface area contributed by atoms with Crippen molar-refractivity contribution in [2.75, 3.05) is 51.3 Å². The number of hydrogen-bond donors (Lipinski definition) is 0. The van der Waals surface area contributed by atoms with E-state index in [2.05, 4.69) is 30.6 Å². The quantitative estimate of drug-likeness (QED) is 0.593. The average Bonchev–Trinajstić information content (AvgIpc) is 3.13. The number of likely N-dealkylation sites (N-methyl/N-ethyl adjacent to an activating group) is 1. The standard InChI is InChI=1S/C24H36FN5O2/c1-6-18(3)29(23(31)17-32-5)16-22-19(4)26-30(21-10-8-9-20(25)15-21)24(22)28-13-11-27(7-2)12-14-28/h8-10,15,18H,6-7,11-14,16-17H2,1-5H3. The Kier molecular flexibility index (Phi) is 8.26. The molecule has 1 saturated heterocycles. The van der Waals surface area contributed by atoms with Gasteiger partial charge in [0.1, 0.15) is 18.2 Å². The number of rotatable bonds is 9. The van der Waals surface area contributed by atoms with Gasteiger partial charge in [-0.05, 0) is 45.0 Å². The molecule has 0 N–H and O–H groups in total. The van der Waals surface area contributed by atoms with Gasteiger partial charge in [-0.25, -0.2) is 9.07 Å². The van der Waals surface area contributed by atoms with E-state index < -0.39 is 0 Å². The van der Waals surface area contributed by atoms with Crippen LogP contribution in [0.1, 0.15) is 38.4 Å². The molecule has 0 spiro atoms. The Morgan fingerprint density at radius 3 is 2.56 bits per heavy atom. The number of methoxy groups -OCH3 is 1. The number of benzene rings is 1. The van der Waals surface area contributed by atoms with Crippen molar-refractivity contribution in [3.8, 4) is 5.69 Å². The van der Waals surface area contributed by atoms with Crippen LogP contribution in [0.15, 0.2) is 24.3 Å². The Bertz CT molecular complexity index is 908. The van der Waals surface area contributed by atoms with Crippen molar-refractivity contribution in [2.45, 2.75) is 46.7 Å². The van der Waals surface area contributed by atoms with Gasteiger partial charge in [0.15, 0.2) is 0 Å². The van der Waals surface area contributed by atoms with E-state index in [0.717, 1.165) is 56.2 Å². The van der Waals surface area contributed by atoms with Crippen molar-refractivity contribution >= 4 is 11.7 Å². The molecular weight excluding hydrogens is 409 g/mol. The van der Waals surface area contributed by atoms with Gasteiger partial charge in [0.25, 0.3) is 0 Å². The van der Waals surface area contributed by atoms with E-state index in [1.54, 1.807) is 13.2 Å². The van der Waals surface area contributed by atoms with E-state index in [-0.39, 0.29) is 24.4 Å². The zero-order chi connectivity index (χ0) is 23.3. The summed E-state index contributed by atoms with van der Waals surface area (Å²) < 4.78 is 21.0. The molecule has 1 atom stereocenters. The maximum Gasteiger partial charge on any atom is 0.249 e. The second-order valence-corrected chi connectivity index (χ2v) is 8.41. The number of halogens is 1. The Labute approximate surface area is 190 Å². The van der Waals surface area contributed by atoms with Gasteiger partial charge >= 0.3 is 0 Å². The third kappa shape index (κ3) is 5.30. The molecule has 0 bridgehead atoms. The molecule has 3 rings (SSSR count). The van der Waals surface area contributed by atoms with Gasteiger partial charge < -0.3 is 19.4 Å². The summed E-state index contributed by atoms with van der Waals surface area (Å²) in [5, 5.41) is 4.81. The summed E-state index contributed by atoms with van der Waals surface area (Å²) in [6.07, 6.45) is 0.844. The summed E-state index contributed by atoms with van der Waals surface area (Å²) in [6, 6.07) is 6.58. The maximum absolute atomic E-state index is 14.1. The summed E-state index contributed by atoms with van der Waals surface area (Å²) in [5.74, 6) is 0.611. The lowest BCUT2D eigenvalue weighted by atomic mass is 10.1. The smallest absolute Gasteiger partial charge is 0.249 e. The van der Waals surface area contributed by atoms with Crippen LogP contribution in [0.25, 0.3) is 5.69 Å². The Hall–Kier alpha value is -2.45. The molecule has 0 aliphatic carbocycles. The largest absolute Gasteiger partial charge is 0.375 e. The van der Waals surface area contributed by atoms with E-state index >= 15 is 0 Å². The zero-order valence-electron chi connectivity index (χ0n) is 20.0. The first-order valence-electron chi connectivity index (χ1n) is 11.5. The van der Waals surface area contributed by atoms with Gasteiger partial charge in [0.05, 0.1) is 17.9 Å². The van der Waals surface area contributed by atoms with Crippen molar-refractivity contribution in [2.24, 2.45) is 0 Å². The van der Waals surface area contributed by atoms with Crippen LogP contribution in [-0.4, -0.2) is 78.0 Å². The van der Waals surface area contributed by atoms with Crippen molar-refractivity contribution in [1.29, 1.82) is 0 Å². The Morgan fingerprint density at radius 2 is 1.97 bits per heavy atom. The van der Waals surface area contributed by atoms with Crippen LogP contribution in [0.4, 0.5) is 10.2 Å². The van der Waals surface area contributed by atoms with Crippen LogP contribution < -0.4 is 4.90 Å². The van der Waals surface area contributed by atoms with Crippen LogP contribution >= 0.6 is 0 Å². The van der Waals surface area contributed by atoms with Gasteiger partial charge in [-0.2, -0.15) is 5.10 Å². The van der Waals surface area contributed by atoms with E-state index in [0.29, 0.717) is 12.2 Å². The molecule has 8 heteroatoms. The molecule has 1 aromatic carbocycles. The van der Waals surface area contributed by atoms with Crippen LogP contribution in [-0.2, 0) is 16.1 Å². The molecule has 1 unspecified atom stereocenters. The van der Waals surface area contributed by atoms with Crippen molar-refractivity contribution in [3.05, 3.63) is 41.3 Å².